The fourth-order valence-corrected chi connectivity index (χ4v) is 2.75. The van der Waals surface area contributed by atoms with Crippen LogP contribution < -0.4 is 10.4 Å². The normalized spacial score (nSPS) is 30.0. The molecule has 2 unspecified atom stereocenters. The molecular formula is C15H28N2O9. The molecule has 5 N–H and O–H groups in total. The Hall–Kier alpha value is -1.50. The number of amides is 1. The molecule has 0 spiro atoms. The second-order valence-corrected chi connectivity index (χ2v) is 7.15. The third-order valence-electron chi connectivity index (χ3n) is 4.30. The number of hydrogen-bond acceptors (Lipinski definition) is 9. The highest BCUT2D eigenvalue weighted by molar-refractivity contribution is 5.70. The maximum absolute atomic E-state index is 11.9. The van der Waals surface area contributed by atoms with E-state index in [1.165, 1.54) is 0 Å². The summed E-state index contributed by atoms with van der Waals surface area (Å²) in [5.41, 5.74) is 0. The number of hydrogen-bond donors (Lipinski definition) is 5. The van der Waals surface area contributed by atoms with Crippen molar-refractivity contribution in [3.05, 3.63) is 0 Å². The summed E-state index contributed by atoms with van der Waals surface area (Å²) in [5.74, 6) is -3.38. The zero-order valence-corrected chi connectivity index (χ0v) is 15.1. The molecule has 0 bridgehead atoms. The van der Waals surface area contributed by atoms with Crippen molar-refractivity contribution in [1.29, 1.82) is 0 Å². The number of carbonyl (C=O) groups is 2. The van der Waals surface area contributed by atoms with E-state index in [4.69, 9.17) is 14.6 Å². The van der Waals surface area contributed by atoms with Crippen molar-refractivity contribution in [3.63, 3.8) is 0 Å². The highest BCUT2D eigenvalue weighted by Gasteiger charge is 2.57. The minimum atomic E-state index is -2.19. The second kappa shape index (κ2) is 8.93. The molecule has 152 valence electrons. The molecule has 0 radical (unpaired) electrons. The number of quaternary nitrogens is 1. The lowest BCUT2D eigenvalue weighted by atomic mass is 10.1. The second-order valence-electron chi connectivity index (χ2n) is 7.15. The predicted octanol–water partition coefficient (Wildman–Crippen LogP) is -3.88. The van der Waals surface area contributed by atoms with Crippen LogP contribution in [0.3, 0.4) is 0 Å². The predicted molar refractivity (Wildman–Crippen MR) is 84.3 cm³/mol. The van der Waals surface area contributed by atoms with E-state index >= 15 is 0 Å². The van der Waals surface area contributed by atoms with Gasteiger partial charge in [0.25, 0.3) is 5.79 Å². The van der Waals surface area contributed by atoms with Crippen LogP contribution in [-0.4, -0.2) is 108 Å². The Labute approximate surface area is 151 Å². The van der Waals surface area contributed by atoms with Crippen molar-refractivity contribution >= 4 is 12.1 Å². The minimum absolute atomic E-state index is 0.0756. The Morgan fingerprint density at radius 3 is 2.35 bits per heavy atom. The summed E-state index contributed by atoms with van der Waals surface area (Å²) in [6, 6.07) is -0.753. The van der Waals surface area contributed by atoms with Gasteiger partial charge in [0.05, 0.1) is 33.7 Å². The number of alkyl carbamates (subject to hydrolysis) is 1. The number of aliphatic carboxylic acids is 1. The molecule has 1 rings (SSSR count). The molecule has 1 aliphatic heterocycles. The molecule has 0 aliphatic carbocycles. The number of carboxylic acids is 1. The van der Waals surface area contributed by atoms with Gasteiger partial charge in [-0.3, -0.25) is 0 Å². The van der Waals surface area contributed by atoms with E-state index in [1.807, 2.05) is 0 Å². The van der Waals surface area contributed by atoms with Gasteiger partial charge < -0.3 is 49.6 Å². The van der Waals surface area contributed by atoms with Gasteiger partial charge in [-0.1, -0.05) is 0 Å². The molecule has 0 aromatic carbocycles. The van der Waals surface area contributed by atoms with E-state index in [-0.39, 0.29) is 17.4 Å². The van der Waals surface area contributed by atoms with E-state index in [2.05, 4.69) is 5.32 Å². The molecule has 1 heterocycles. The van der Waals surface area contributed by atoms with Crippen molar-refractivity contribution in [2.75, 3.05) is 40.9 Å². The molecule has 0 saturated carbocycles. The lowest BCUT2D eigenvalue weighted by Gasteiger charge is -2.34. The van der Waals surface area contributed by atoms with Crippen LogP contribution in [0.2, 0.25) is 0 Å². The van der Waals surface area contributed by atoms with Gasteiger partial charge >= 0.3 is 6.09 Å². The highest BCUT2D eigenvalue weighted by Crippen LogP contribution is 2.32. The molecule has 11 heteroatoms. The van der Waals surface area contributed by atoms with Crippen LogP contribution >= 0.6 is 0 Å². The molecule has 1 aliphatic rings. The van der Waals surface area contributed by atoms with Gasteiger partial charge in [0, 0.05) is 13.0 Å². The van der Waals surface area contributed by atoms with Crippen LogP contribution in [0.25, 0.3) is 0 Å². The quantitative estimate of drug-likeness (QED) is 0.198. The van der Waals surface area contributed by atoms with Gasteiger partial charge in [0.1, 0.15) is 24.9 Å². The minimum Gasteiger partial charge on any atom is -0.544 e. The van der Waals surface area contributed by atoms with E-state index in [1.54, 1.807) is 21.1 Å². The Morgan fingerprint density at radius 2 is 1.92 bits per heavy atom. The number of ether oxygens (including phenoxy) is 2. The smallest absolute Gasteiger partial charge is 0.409 e. The summed E-state index contributed by atoms with van der Waals surface area (Å²) >= 11 is 0. The van der Waals surface area contributed by atoms with Crippen LogP contribution in [-0.2, 0) is 14.3 Å². The standard InChI is InChI=1S/C15H28N2O9/c1-17(2,3)9(13(22)23)5-4-6-16-14(24)26-15(8-19)12(21)11(20)10(7-18)25-15/h9-12,18-21H,4-8H2,1-3H3,(H-,16,22,23,24)/t9?,10-,11-,12+,15?/m1/s1. The summed E-state index contributed by atoms with van der Waals surface area (Å²) in [7, 11) is 5.15. The van der Waals surface area contributed by atoms with Crippen molar-refractivity contribution in [1.82, 2.24) is 5.32 Å². The first kappa shape index (κ1) is 22.5. The molecule has 0 aromatic rings. The van der Waals surface area contributed by atoms with E-state index in [0.717, 1.165) is 0 Å². The van der Waals surface area contributed by atoms with Crippen LogP contribution in [0.15, 0.2) is 0 Å². The molecule has 1 fully saturated rings. The summed E-state index contributed by atoms with van der Waals surface area (Å²) < 4.78 is 10.2. The Morgan fingerprint density at radius 1 is 1.31 bits per heavy atom. The van der Waals surface area contributed by atoms with Gasteiger partial charge in [-0.2, -0.15) is 0 Å². The third kappa shape index (κ3) is 5.25. The summed E-state index contributed by atoms with van der Waals surface area (Å²) in [6.07, 6.45) is -4.94. The number of carbonyl (C=O) groups excluding carboxylic acids is 2. The fraction of sp³-hybridized carbons (Fsp3) is 0.867. The maximum atomic E-state index is 11.9. The molecule has 26 heavy (non-hydrogen) atoms. The number of aliphatic hydroxyl groups excluding tert-OH is 4. The fourth-order valence-electron chi connectivity index (χ4n) is 2.75. The number of nitrogens with zero attached hydrogens (tertiary/aromatic N) is 1. The van der Waals surface area contributed by atoms with Crippen LogP contribution in [0.1, 0.15) is 12.8 Å². The van der Waals surface area contributed by atoms with E-state index in [0.29, 0.717) is 6.42 Å². The van der Waals surface area contributed by atoms with Crippen LogP contribution in [0, 0.1) is 0 Å². The monoisotopic (exact) mass is 380 g/mol. The first-order valence-corrected chi connectivity index (χ1v) is 8.23. The summed E-state index contributed by atoms with van der Waals surface area (Å²) in [4.78, 5) is 23.0. The van der Waals surface area contributed by atoms with Gasteiger partial charge in [-0.05, 0) is 6.42 Å². The zero-order chi connectivity index (χ0) is 20.1. The number of carboxylic acid groups (broad SMARTS) is 1. The van der Waals surface area contributed by atoms with Crippen molar-refractivity contribution < 1.29 is 49.1 Å². The van der Waals surface area contributed by atoms with Crippen LogP contribution in [0.4, 0.5) is 4.79 Å². The zero-order valence-electron chi connectivity index (χ0n) is 15.1. The first-order chi connectivity index (χ1) is 12.0. The lowest BCUT2D eigenvalue weighted by Crippen LogP contribution is -2.55. The number of rotatable bonds is 9. The Balaban J connectivity index is 2.52. The molecule has 1 saturated heterocycles. The van der Waals surface area contributed by atoms with Gasteiger partial charge in [-0.25, -0.2) is 4.79 Å². The van der Waals surface area contributed by atoms with Gasteiger partial charge in [0.2, 0.25) is 0 Å². The maximum Gasteiger partial charge on any atom is 0.409 e. The van der Waals surface area contributed by atoms with Gasteiger partial charge in [0.15, 0.2) is 6.10 Å². The average molecular weight is 380 g/mol. The molecule has 5 atom stereocenters. The van der Waals surface area contributed by atoms with E-state index in [9.17, 15) is 30.0 Å². The number of nitrogens with one attached hydrogen (secondary N) is 1. The van der Waals surface area contributed by atoms with Crippen LogP contribution in [0.5, 0.6) is 0 Å². The average Bonchev–Trinajstić information content (AvgIpc) is 2.78. The van der Waals surface area contributed by atoms with Gasteiger partial charge in [-0.15, -0.1) is 0 Å². The van der Waals surface area contributed by atoms with Crippen molar-refractivity contribution in [3.8, 4) is 0 Å². The summed E-state index contributed by atoms with van der Waals surface area (Å²) in [6.45, 7) is -1.49. The SMILES string of the molecule is C[N+](C)(C)C(CCCNC(=O)OC1(CO)O[C@H](CO)[C@@H](O)[C@@H]1O)C(=O)[O-]. The third-order valence-corrected chi connectivity index (χ3v) is 4.30. The van der Waals surface area contributed by atoms with E-state index < -0.39 is 55.4 Å². The molecule has 0 aromatic heterocycles. The van der Waals surface area contributed by atoms with Crippen molar-refractivity contribution in [2.45, 2.75) is 43.0 Å². The van der Waals surface area contributed by atoms with Crippen molar-refractivity contribution in [2.24, 2.45) is 0 Å². The Bertz CT molecular complexity index is 496. The summed E-state index contributed by atoms with van der Waals surface area (Å²) in [5, 5.41) is 51.6. The lowest BCUT2D eigenvalue weighted by molar-refractivity contribution is -0.889. The first-order valence-electron chi connectivity index (χ1n) is 8.23. The highest BCUT2D eigenvalue weighted by atomic mass is 16.8. The molecular weight excluding hydrogens is 352 g/mol. The Kier molecular flexibility index (Phi) is 7.74. The molecule has 11 nitrogen and oxygen atoms in total. The number of likely N-dealkylation sites (N-methyl/N-ethyl adjacent to an activating group) is 1. The topological polar surface area (TPSA) is 169 Å². The number of aliphatic hydroxyl groups is 4. The largest absolute Gasteiger partial charge is 0.544 e. The molecule has 1 amide bonds.